The number of allylic oxidation sites excluding steroid dienone is 1. The molecule has 21 heavy (non-hydrogen) atoms. The molecule has 2 aromatic carbocycles. The van der Waals surface area contributed by atoms with Gasteiger partial charge in [0.15, 0.2) is 0 Å². The molecule has 1 saturated carbocycles. The molecule has 0 heterocycles. The second-order valence-corrected chi connectivity index (χ2v) is 5.68. The third-order valence-electron chi connectivity index (χ3n) is 4.07. The SMILES string of the molecule is Fc1cc(F)cc(-c2ccc(/C=C/C3CCCC3)cc2)c1. The van der Waals surface area contributed by atoms with Gasteiger partial charge < -0.3 is 0 Å². The van der Waals surface area contributed by atoms with Gasteiger partial charge in [-0.15, -0.1) is 0 Å². The van der Waals surface area contributed by atoms with E-state index in [1.807, 2.05) is 24.3 Å². The molecule has 2 aromatic rings. The smallest absolute Gasteiger partial charge is 0.126 e. The zero-order valence-electron chi connectivity index (χ0n) is 11.9. The van der Waals surface area contributed by atoms with Crippen molar-refractivity contribution in [3.05, 3.63) is 65.7 Å². The lowest BCUT2D eigenvalue weighted by molar-refractivity contribution is 0.584. The molecule has 0 unspecified atom stereocenters. The Morgan fingerprint density at radius 2 is 1.43 bits per heavy atom. The first-order chi connectivity index (χ1) is 10.2. The molecule has 0 nitrogen and oxygen atoms in total. The molecule has 2 heteroatoms. The van der Waals surface area contributed by atoms with E-state index in [-0.39, 0.29) is 0 Å². The van der Waals surface area contributed by atoms with Crippen molar-refractivity contribution in [3.8, 4) is 11.1 Å². The van der Waals surface area contributed by atoms with Crippen LogP contribution in [-0.2, 0) is 0 Å². The van der Waals surface area contributed by atoms with Crippen LogP contribution < -0.4 is 0 Å². The molecule has 0 aliphatic heterocycles. The third-order valence-corrected chi connectivity index (χ3v) is 4.07. The first-order valence-electron chi connectivity index (χ1n) is 7.45. The fourth-order valence-electron chi connectivity index (χ4n) is 2.90. The zero-order chi connectivity index (χ0) is 14.7. The quantitative estimate of drug-likeness (QED) is 0.664. The predicted octanol–water partition coefficient (Wildman–Crippen LogP) is 5.84. The minimum absolute atomic E-state index is 0.546. The van der Waals surface area contributed by atoms with Crippen LogP contribution in [0, 0.1) is 17.6 Å². The van der Waals surface area contributed by atoms with E-state index in [2.05, 4.69) is 12.2 Å². The molecule has 1 aliphatic carbocycles. The maximum atomic E-state index is 13.2. The van der Waals surface area contributed by atoms with Crippen LogP contribution in [0.15, 0.2) is 48.5 Å². The summed E-state index contributed by atoms with van der Waals surface area (Å²) in [6, 6.07) is 11.4. The average Bonchev–Trinajstić information content (AvgIpc) is 2.98. The van der Waals surface area contributed by atoms with Crippen molar-refractivity contribution in [1.29, 1.82) is 0 Å². The molecule has 0 radical (unpaired) electrons. The highest BCUT2D eigenvalue weighted by molar-refractivity contribution is 5.65. The van der Waals surface area contributed by atoms with Crippen LogP contribution in [0.2, 0.25) is 0 Å². The molecule has 0 aromatic heterocycles. The van der Waals surface area contributed by atoms with Crippen molar-refractivity contribution in [1.82, 2.24) is 0 Å². The summed E-state index contributed by atoms with van der Waals surface area (Å²) in [5.74, 6) is -0.382. The number of benzene rings is 2. The Morgan fingerprint density at radius 3 is 2.05 bits per heavy atom. The van der Waals surface area contributed by atoms with Gasteiger partial charge in [0.05, 0.1) is 0 Å². The summed E-state index contributed by atoms with van der Waals surface area (Å²) in [6.45, 7) is 0. The normalized spacial score (nSPS) is 15.9. The summed E-state index contributed by atoms with van der Waals surface area (Å²) in [4.78, 5) is 0. The first kappa shape index (κ1) is 14.0. The Bertz CT molecular complexity index is 615. The van der Waals surface area contributed by atoms with E-state index >= 15 is 0 Å². The van der Waals surface area contributed by atoms with Crippen molar-refractivity contribution < 1.29 is 8.78 Å². The minimum Gasteiger partial charge on any atom is -0.207 e. The van der Waals surface area contributed by atoms with Gasteiger partial charge in [-0.05, 0) is 47.6 Å². The molecule has 3 rings (SSSR count). The van der Waals surface area contributed by atoms with Crippen molar-refractivity contribution in [2.24, 2.45) is 5.92 Å². The van der Waals surface area contributed by atoms with Crippen LogP contribution in [0.5, 0.6) is 0 Å². The van der Waals surface area contributed by atoms with E-state index in [4.69, 9.17) is 0 Å². The molecule has 1 fully saturated rings. The van der Waals surface area contributed by atoms with Crippen molar-refractivity contribution in [2.45, 2.75) is 25.7 Å². The van der Waals surface area contributed by atoms with Gasteiger partial charge in [-0.1, -0.05) is 49.3 Å². The van der Waals surface area contributed by atoms with E-state index in [0.717, 1.165) is 17.2 Å². The number of halogens is 2. The monoisotopic (exact) mass is 284 g/mol. The third kappa shape index (κ3) is 3.57. The van der Waals surface area contributed by atoms with Crippen molar-refractivity contribution in [2.75, 3.05) is 0 Å². The molecule has 1 aliphatic rings. The van der Waals surface area contributed by atoms with Gasteiger partial charge in [0.25, 0.3) is 0 Å². The van der Waals surface area contributed by atoms with Gasteiger partial charge in [0.2, 0.25) is 0 Å². The lowest BCUT2D eigenvalue weighted by Gasteiger charge is -2.04. The number of hydrogen-bond acceptors (Lipinski definition) is 0. The Hall–Kier alpha value is -1.96. The van der Waals surface area contributed by atoms with Gasteiger partial charge in [0, 0.05) is 6.07 Å². The highest BCUT2D eigenvalue weighted by Gasteiger charge is 2.11. The summed E-state index contributed by atoms with van der Waals surface area (Å²) in [6.07, 6.45) is 9.67. The van der Waals surface area contributed by atoms with Gasteiger partial charge in [-0.2, -0.15) is 0 Å². The topological polar surface area (TPSA) is 0 Å². The standard InChI is InChI=1S/C19H18F2/c20-18-11-17(12-19(21)13-18)16-9-7-15(8-10-16)6-5-14-3-1-2-4-14/h5-14H,1-4H2/b6-5+. The lowest BCUT2D eigenvalue weighted by atomic mass is 10.0. The van der Waals surface area contributed by atoms with Crippen LogP contribution in [0.1, 0.15) is 31.2 Å². The Labute approximate surface area is 124 Å². The fraction of sp³-hybridized carbons (Fsp3) is 0.263. The zero-order valence-corrected chi connectivity index (χ0v) is 11.9. The number of hydrogen-bond donors (Lipinski definition) is 0. The highest BCUT2D eigenvalue weighted by Crippen LogP contribution is 2.27. The van der Waals surface area contributed by atoms with Crippen LogP contribution in [-0.4, -0.2) is 0 Å². The second-order valence-electron chi connectivity index (χ2n) is 5.68. The van der Waals surface area contributed by atoms with Crippen LogP contribution in [0.4, 0.5) is 8.78 Å². The predicted molar refractivity (Wildman–Crippen MR) is 82.8 cm³/mol. The van der Waals surface area contributed by atoms with Gasteiger partial charge in [-0.25, -0.2) is 8.78 Å². The van der Waals surface area contributed by atoms with E-state index in [1.165, 1.54) is 37.8 Å². The van der Waals surface area contributed by atoms with Crippen molar-refractivity contribution >= 4 is 6.08 Å². The second kappa shape index (κ2) is 6.21. The Balaban J connectivity index is 1.77. The summed E-state index contributed by atoms with van der Waals surface area (Å²) < 4.78 is 26.5. The molecule has 0 amide bonds. The molecule has 0 saturated heterocycles. The molecular formula is C19H18F2. The maximum absolute atomic E-state index is 13.2. The van der Waals surface area contributed by atoms with Crippen LogP contribution in [0.25, 0.3) is 17.2 Å². The van der Waals surface area contributed by atoms with E-state index in [1.54, 1.807) is 0 Å². The number of rotatable bonds is 3. The molecular weight excluding hydrogens is 266 g/mol. The highest BCUT2D eigenvalue weighted by atomic mass is 19.1. The lowest BCUT2D eigenvalue weighted by Crippen LogP contribution is -1.86. The maximum Gasteiger partial charge on any atom is 0.126 e. The summed E-state index contributed by atoms with van der Waals surface area (Å²) in [7, 11) is 0. The van der Waals surface area contributed by atoms with Gasteiger partial charge in [0.1, 0.15) is 11.6 Å². The summed E-state index contributed by atoms with van der Waals surface area (Å²) in [5.41, 5.74) is 2.52. The molecule has 0 spiro atoms. The summed E-state index contributed by atoms with van der Waals surface area (Å²) >= 11 is 0. The summed E-state index contributed by atoms with van der Waals surface area (Å²) in [5, 5.41) is 0. The van der Waals surface area contributed by atoms with Gasteiger partial charge in [-0.3, -0.25) is 0 Å². The van der Waals surface area contributed by atoms with E-state index in [9.17, 15) is 8.78 Å². The average molecular weight is 284 g/mol. The largest absolute Gasteiger partial charge is 0.207 e. The van der Waals surface area contributed by atoms with Crippen LogP contribution in [0.3, 0.4) is 0 Å². The minimum atomic E-state index is -0.546. The molecule has 0 atom stereocenters. The molecule has 0 bridgehead atoms. The van der Waals surface area contributed by atoms with E-state index < -0.39 is 11.6 Å². The first-order valence-corrected chi connectivity index (χ1v) is 7.45. The fourth-order valence-corrected chi connectivity index (χ4v) is 2.90. The van der Waals surface area contributed by atoms with E-state index in [0.29, 0.717) is 11.5 Å². The molecule has 108 valence electrons. The van der Waals surface area contributed by atoms with Crippen LogP contribution >= 0.6 is 0 Å². The molecule has 0 N–H and O–H groups in total. The van der Waals surface area contributed by atoms with Gasteiger partial charge >= 0.3 is 0 Å². The Kier molecular flexibility index (Phi) is 4.14. The van der Waals surface area contributed by atoms with Crippen molar-refractivity contribution in [3.63, 3.8) is 0 Å². The Morgan fingerprint density at radius 1 is 0.810 bits per heavy atom.